The zero-order valence-corrected chi connectivity index (χ0v) is 17.2. The van der Waals surface area contributed by atoms with E-state index < -0.39 is 6.04 Å². The molecular weight excluding hydrogens is 397 g/mol. The van der Waals surface area contributed by atoms with E-state index in [0.29, 0.717) is 17.9 Å². The Kier molecular flexibility index (Phi) is 7.70. The molecule has 6 nitrogen and oxygen atoms in total. The third-order valence-electron chi connectivity index (χ3n) is 4.73. The molecule has 2 aromatic carbocycles. The minimum Gasteiger partial charge on any atom is -0.484 e. The summed E-state index contributed by atoms with van der Waals surface area (Å²) in [6.45, 7) is 1.89. The monoisotopic (exact) mass is 421 g/mol. The Hall–Kier alpha value is -3.74. The number of nitrogens with one attached hydrogen (secondary N) is 1. The van der Waals surface area contributed by atoms with Gasteiger partial charge in [-0.2, -0.15) is 0 Å². The molecule has 1 aromatic heterocycles. The van der Waals surface area contributed by atoms with E-state index in [9.17, 15) is 14.0 Å². The highest BCUT2D eigenvalue weighted by molar-refractivity contribution is 5.87. The van der Waals surface area contributed by atoms with E-state index in [1.807, 2.05) is 24.3 Å². The van der Waals surface area contributed by atoms with Crippen molar-refractivity contribution in [1.82, 2.24) is 15.2 Å². The van der Waals surface area contributed by atoms with Crippen molar-refractivity contribution in [1.29, 1.82) is 0 Å². The van der Waals surface area contributed by atoms with Crippen molar-refractivity contribution < 1.29 is 18.7 Å². The zero-order chi connectivity index (χ0) is 22.1. The third-order valence-corrected chi connectivity index (χ3v) is 4.73. The molecule has 0 saturated heterocycles. The number of carbonyl (C=O) groups is 2. The maximum Gasteiger partial charge on any atom is 0.261 e. The topological polar surface area (TPSA) is 71.5 Å². The number of para-hydroxylation sites is 1. The summed E-state index contributed by atoms with van der Waals surface area (Å²) in [6.07, 6.45) is 3.32. The Morgan fingerprint density at radius 1 is 1.03 bits per heavy atom. The first-order chi connectivity index (χ1) is 15.0. The van der Waals surface area contributed by atoms with E-state index >= 15 is 0 Å². The second-order valence-electron chi connectivity index (χ2n) is 7.00. The molecule has 0 radical (unpaired) electrons. The van der Waals surface area contributed by atoms with Gasteiger partial charge in [0, 0.05) is 25.5 Å². The molecule has 0 bridgehead atoms. The fourth-order valence-electron chi connectivity index (χ4n) is 2.95. The van der Waals surface area contributed by atoms with Crippen molar-refractivity contribution in [2.45, 2.75) is 26.1 Å². The number of pyridine rings is 1. The number of hydrogen-bond donors (Lipinski definition) is 1. The number of hydrogen-bond acceptors (Lipinski definition) is 4. The molecule has 160 valence electrons. The molecule has 0 fully saturated rings. The first-order valence-electron chi connectivity index (χ1n) is 9.91. The van der Waals surface area contributed by atoms with E-state index in [2.05, 4.69) is 10.3 Å². The van der Waals surface area contributed by atoms with Crippen LogP contribution in [-0.2, 0) is 22.7 Å². The second-order valence-corrected chi connectivity index (χ2v) is 7.00. The molecule has 1 unspecified atom stereocenters. The van der Waals surface area contributed by atoms with Gasteiger partial charge in [0.15, 0.2) is 6.61 Å². The van der Waals surface area contributed by atoms with Crippen LogP contribution in [0, 0.1) is 5.82 Å². The highest BCUT2D eigenvalue weighted by Crippen LogP contribution is 2.13. The number of aromatic nitrogens is 1. The fourth-order valence-corrected chi connectivity index (χ4v) is 2.95. The molecule has 3 rings (SSSR count). The Labute approximate surface area is 180 Å². The van der Waals surface area contributed by atoms with Gasteiger partial charge in [-0.15, -0.1) is 0 Å². The zero-order valence-electron chi connectivity index (χ0n) is 17.2. The summed E-state index contributed by atoms with van der Waals surface area (Å²) >= 11 is 0. The lowest BCUT2D eigenvalue weighted by Crippen LogP contribution is -2.48. The van der Waals surface area contributed by atoms with Crippen molar-refractivity contribution in [3.63, 3.8) is 0 Å². The Morgan fingerprint density at radius 2 is 1.77 bits per heavy atom. The van der Waals surface area contributed by atoms with Crippen LogP contribution < -0.4 is 10.1 Å². The van der Waals surface area contributed by atoms with Crippen LogP contribution in [0.3, 0.4) is 0 Å². The molecule has 0 saturated carbocycles. The summed E-state index contributed by atoms with van der Waals surface area (Å²) in [5, 5.41) is 2.83. The van der Waals surface area contributed by atoms with Crippen molar-refractivity contribution in [2.24, 2.45) is 0 Å². The van der Waals surface area contributed by atoms with E-state index in [0.717, 1.165) is 5.56 Å². The number of carbonyl (C=O) groups excluding carboxylic acids is 2. The van der Waals surface area contributed by atoms with Gasteiger partial charge in [0.05, 0.1) is 0 Å². The lowest BCUT2D eigenvalue weighted by atomic mass is 10.1. The number of halogens is 1. The summed E-state index contributed by atoms with van der Waals surface area (Å²) < 4.78 is 18.8. The minimum atomic E-state index is -0.756. The van der Waals surface area contributed by atoms with Crippen LogP contribution >= 0.6 is 0 Å². The Morgan fingerprint density at radius 3 is 2.45 bits per heavy atom. The van der Waals surface area contributed by atoms with Gasteiger partial charge in [0.25, 0.3) is 5.91 Å². The lowest BCUT2D eigenvalue weighted by molar-refractivity contribution is -0.142. The molecule has 0 aliphatic heterocycles. The molecule has 31 heavy (non-hydrogen) atoms. The van der Waals surface area contributed by atoms with Gasteiger partial charge in [-0.3, -0.25) is 14.6 Å². The smallest absolute Gasteiger partial charge is 0.261 e. The standard InChI is InChI=1S/C24H24FN3O3/c1-18(24(30)27-15-20-6-5-13-26-14-20)28(16-19-9-11-21(25)12-10-19)23(29)17-31-22-7-3-2-4-8-22/h2-14,18H,15-17H2,1H3,(H,27,30). The van der Waals surface area contributed by atoms with Gasteiger partial charge in [-0.1, -0.05) is 36.4 Å². The normalized spacial score (nSPS) is 11.4. The van der Waals surface area contributed by atoms with Crippen LogP contribution in [0.15, 0.2) is 79.1 Å². The highest BCUT2D eigenvalue weighted by atomic mass is 19.1. The van der Waals surface area contributed by atoms with Crippen molar-refractivity contribution in [3.8, 4) is 5.75 Å². The molecule has 1 N–H and O–H groups in total. The van der Waals surface area contributed by atoms with Gasteiger partial charge in [-0.25, -0.2) is 4.39 Å². The predicted octanol–water partition coefficient (Wildman–Crippen LogP) is 3.33. The molecule has 1 heterocycles. The van der Waals surface area contributed by atoms with Crippen LogP contribution in [-0.4, -0.2) is 34.3 Å². The van der Waals surface area contributed by atoms with E-state index in [-0.39, 0.29) is 30.8 Å². The van der Waals surface area contributed by atoms with Crippen molar-refractivity contribution >= 4 is 11.8 Å². The molecule has 0 spiro atoms. The average Bonchev–Trinajstić information content (AvgIpc) is 2.81. The van der Waals surface area contributed by atoms with Gasteiger partial charge in [0.1, 0.15) is 17.6 Å². The second kappa shape index (κ2) is 10.9. The number of ether oxygens (including phenoxy) is 1. The maximum atomic E-state index is 13.3. The SMILES string of the molecule is CC(C(=O)NCc1cccnc1)N(Cc1ccc(F)cc1)C(=O)COc1ccccc1. The van der Waals surface area contributed by atoms with Gasteiger partial charge >= 0.3 is 0 Å². The summed E-state index contributed by atoms with van der Waals surface area (Å²) in [4.78, 5) is 31.1. The quantitative estimate of drug-likeness (QED) is 0.575. The average molecular weight is 421 g/mol. The Bertz CT molecular complexity index is 982. The number of nitrogens with zero attached hydrogens (tertiary/aromatic N) is 2. The Balaban J connectivity index is 1.69. The van der Waals surface area contributed by atoms with Crippen LogP contribution in [0.4, 0.5) is 4.39 Å². The fraction of sp³-hybridized carbons (Fsp3) is 0.208. The maximum absolute atomic E-state index is 13.3. The van der Waals surface area contributed by atoms with Crippen LogP contribution in [0.25, 0.3) is 0 Å². The van der Waals surface area contributed by atoms with Crippen LogP contribution in [0.5, 0.6) is 5.75 Å². The molecular formula is C24H24FN3O3. The number of rotatable bonds is 9. The first kappa shape index (κ1) is 22.0. The van der Waals surface area contributed by atoms with Crippen LogP contribution in [0.1, 0.15) is 18.1 Å². The highest BCUT2D eigenvalue weighted by Gasteiger charge is 2.26. The van der Waals surface area contributed by atoms with E-state index in [4.69, 9.17) is 4.74 Å². The molecule has 1 atom stereocenters. The van der Waals surface area contributed by atoms with E-state index in [1.165, 1.54) is 17.0 Å². The first-order valence-corrected chi connectivity index (χ1v) is 9.91. The summed E-state index contributed by atoms with van der Waals surface area (Å²) in [5.74, 6) is -0.459. The van der Waals surface area contributed by atoms with E-state index in [1.54, 1.807) is 49.6 Å². The molecule has 3 aromatic rings. The third kappa shape index (κ3) is 6.64. The number of benzene rings is 2. The molecule has 7 heteroatoms. The predicted molar refractivity (Wildman–Crippen MR) is 114 cm³/mol. The lowest BCUT2D eigenvalue weighted by Gasteiger charge is -2.28. The molecule has 2 amide bonds. The molecule has 0 aliphatic rings. The van der Waals surface area contributed by atoms with Crippen LogP contribution in [0.2, 0.25) is 0 Å². The summed E-state index contributed by atoms with van der Waals surface area (Å²) in [5.41, 5.74) is 1.56. The number of amides is 2. The van der Waals surface area contributed by atoms with Crippen molar-refractivity contribution in [3.05, 3.63) is 96.1 Å². The minimum absolute atomic E-state index is 0.152. The van der Waals surface area contributed by atoms with Gasteiger partial charge < -0.3 is 15.0 Å². The van der Waals surface area contributed by atoms with Crippen molar-refractivity contribution in [2.75, 3.05) is 6.61 Å². The largest absolute Gasteiger partial charge is 0.484 e. The summed E-state index contributed by atoms with van der Waals surface area (Å²) in [7, 11) is 0. The van der Waals surface area contributed by atoms with Gasteiger partial charge in [0.2, 0.25) is 5.91 Å². The van der Waals surface area contributed by atoms with Gasteiger partial charge in [-0.05, 0) is 48.4 Å². The molecule has 0 aliphatic carbocycles. The summed E-state index contributed by atoms with van der Waals surface area (Å²) in [6, 6.07) is 17.7.